The molecule has 17 heavy (non-hydrogen) atoms. The van der Waals surface area contributed by atoms with Gasteiger partial charge in [-0.15, -0.1) is 0 Å². The number of carbonyl (C=O) groups is 1. The average Bonchev–Trinajstić information content (AvgIpc) is 2.65. The number of aromatic nitrogens is 1. The molecule has 0 bridgehead atoms. The standard InChI is InChI=1S/C12H18N2O3/c1-12(2)4-3-6-14(7-5-12)11-13-9(8-17-11)10(15)16/h8H,3-7H2,1-2H3,(H,15,16). The van der Waals surface area contributed by atoms with E-state index in [0.29, 0.717) is 11.4 Å². The van der Waals surface area contributed by atoms with Gasteiger partial charge in [0, 0.05) is 13.1 Å². The van der Waals surface area contributed by atoms with Crippen molar-refractivity contribution in [2.45, 2.75) is 33.1 Å². The van der Waals surface area contributed by atoms with Gasteiger partial charge >= 0.3 is 5.97 Å². The number of anilines is 1. The number of aromatic carboxylic acids is 1. The van der Waals surface area contributed by atoms with E-state index in [9.17, 15) is 4.79 Å². The van der Waals surface area contributed by atoms with Crippen LogP contribution < -0.4 is 4.90 Å². The molecule has 0 saturated carbocycles. The predicted molar refractivity (Wildman–Crippen MR) is 63.3 cm³/mol. The number of hydrogen-bond acceptors (Lipinski definition) is 4. The van der Waals surface area contributed by atoms with Crippen molar-refractivity contribution in [1.29, 1.82) is 0 Å². The zero-order valence-electron chi connectivity index (χ0n) is 10.3. The number of carboxylic acids is 1. The summed E-state index contributed by atoms with van der Waals surface area (Å²) in [4.78, 5) is 16.7. The quantitative estimate of drug-likeness (QED) is 0.856. The van der Waals surface area contributed by atoms with Crippen LogP contribution in [0.15, 0.2) is 10.7 Å². The van der Waals surface area contributed by atoms with E-state index in [1.165, 1.54) is 12.7 Å². The van der Waals surface area contributed by atoms with Crippen LogP contribution in [0.5, 0.6) is 0 Å². The smallest absolute Gasteiger partial charge is 0.357 e. The Labute approximate surface area is 100 Å². The first kappa shape index (κ1) is 12.0. The lowest BCUT2D eigenvalue weighted by Crippen LogP contribution is -2.25. The fourth-order valence-corrected chi connectivity index (χ4v) is 2.12. The topological polar surface area (TPSA) is 66.6 Å². The van der Waals surface area contributed by atoms with E-state index in [0.717, 1.165) is 25.9 Å². The highest BCUT2D eigenvalue weighted by Crippen LogP contribution is 2.31. The molecule has 0 amide bonds. The Morgan fingerprint density at radius 2 is 2.24 bits per heavy atom. The fraction of sp³-hybridized carbons (Fsp3) is 0.667. The largest absolute Gasteiger partial charge is 0.476 e. The van der Waals surface area contributed by atoms with Crippen LogP contribution in [-0.4, -0.2) is 29.1 Å². The Morgan fingerprint density at radius 1 is 1.47 bits per heavy atom. The molecule has 5 heteroatoms. The summed E-state index contributed by atoms with van der Waals surface area (Å²) < 4.78 is 5.22. The Kier molecular flexibility index (Phi) is 3.09. The molecule has 1 aliphatic heterocycles. The Morgan fingerprint density at radius 3 is 2.88 bits per heavy atom. The predicted octanol–water partition coefficient (Wildman–Crippen LogP) is 2.39. The zero-order chi connectivity index (χ0) is 12.5. The summed E-state index contributed by atoms with van der Waals surface area (Å²) >= 11 is 0. The van der Waals surface area contributed by atoms with Gasteiger partial charge in [0.15, 0.2) is 5.69 Å². The summed E-state index contributed by atoms with van der Waals surface area (Å²) in [5.74, 6) is -1.05. The van der Waals surface area contributed by atoms with Gasteiger partial charge in [-0.05, 0) is 24.7 Å². The van der Waals surface area contributed by atoms with E-state index in [2.05, 4.69) is 18.8 Å². The van der Waals surface area contributed by atoms with Crippen molar-refractivity contribution < 1.29 is 14.3 Å². The van der Waals surface area contributed by atoms with Crippen molar-refractivity contribution in [2.24, 2.45) is 5.41 Å². The average molecular weight is 238 g/mol. The van der Waals surface area contributed by atoms with Gasteiger partial charge in [-0.25, -0.2) is 4.79 Å². The van der Waals surface area contributed by atoms with Gasteiger partial charge in [-0.3, -0.25) is 0 Å². The Hall–Kier alpha value is -1.52. The zero-order valence-corrected chi connectivity index (χ0v) is 10.3. The van der Waals surface area contributed by atoms with E-state index in [1.807, 2.05) is 4.90 Å². The summed E-state index contributed by atoms with van der Waals surface area (Å²) in [6.45, 7) is 6.26. The molecule has 0 spiro atoms. The monoisotopic (exact) mass is 238 g/mol. The van der Waals surface area contributed by atoms with E-state index in [4.69, 9.17) is 9.52 Å². The first-order valence-electron chi connectivity index (χ1n) is 5.92. The molecule has 1 aromatic heterocycles. The molecule has 0 atom stereocenters. The summed E-state index contributed by atoms with van der Waals surface area (Å²) in [6, 6.07) is 0.431. The summed E-state index contributed by atoms with van der Waals surface area (Å²) in [5.41, 5.74) is 0.320. The van der Waals surface area contributed by atoms with Crippen molar-refractivity contribution in [3.63, 3.8) is 0 Å². The molecule has 0 aliphatic carbocycles. The Bertz CT molecular complexity index is 412. The molecule has 1 N–H and O–H groups in total. The molecule has 1 saturated heterocycles. The molecule has 5 nitrogen and oxygen atoms in total. The molecule has 1 fully saturated rings. The van der Waals surface area contributed by atoms with Crippen LogP contribution in [-0.2, 0) is 0 Å². The van der Waals surface area contributed by atoms with Crippen LogP contribution in [0.1, 0.15) is 43.6 Å². The third kappa shape index (κ3) is 2.78. The van der Waals surface area contributed by atoms with Crippen molar-refractivity contribution in [1.82, 2.24) is 4.98 Å². The summed E-state index contributed by atoms with van der Waals surface area (Å²) in [6.07, 6.45) is 4.53. The lowest BCUT2D eigenvalue weighted by Gasteiger charge is -2.22. The minimum Gasteiger partial charge on any atom is -0.476 e. The van der Waals surface area contributed by atoms with Crippen LogP contribution >= 0.6 is 0 Å². The molecule has 0 aromatic carbocycles. The fourth-order valence-electron chi connectivity index (χ4n) is 2.12. The normalized spacial score (nSPS) is 20.0. The van der Waals surface area contributed by atoms with E-state index in [-0.39, 0.29) is 5.69 Å². The molecular formula is C12H18N2O3. The number of hydrogen-bond donors (Lipinski definition) is 1. The van der Waals surface area contributed by atoms with Crippen molar-refractivity contribution in [3.05, 3.63) is 12.0 Å². The van der Waals surface area contributed by atoms with Crippen LogP contribution in [0.25, 0.3) is 0 Å². The molecule has 1 aliphatic rings. The number of nitrogens with zero attached hydrogens (tertiary/aromatic N) is 2. The SMILES string of the molecule is CC1(C)CCCN(c2nc(C(=O)O)co2)CC1. The highest BCUT2D eigenvalue weighted by molar-refractivity contribution is 5.85. The van der Waals surface area contributed by atoms with Crippen LogP contribution in [0.4, 0.5) is 6.01 Å². The van der Waals surface area contributed by atoms with Crippen molar-refractivity contribution in [2.75, 3.05) is 18.0 Å². The second-order valence-electron chi connectivity index (χ2n) is 5.33. The third-order valence-corrected chi connectivity index (χ3v) is 3.32. The van der Waals surface area contributed by atoms with Crippen LogP contribution in [0.2, 0.25) is 0 Å². The van der Waals surface area contributed by atoms with Gasteiger partial charge in [0.05, 0.1) is 0 Å². The molecule has 94 valence electrons. The highest BCUT2D eigenvalue weighted by Gasteiger charge is 2.25. The third-order valence-electron chi connectivity index (χ3n) is 3.32. The van der Waals surface area contributed by atoms with Crippen molar-refractivity contribution in [3.8, 4) is 0 Å². The highest BCUT2D eigenvalue weighted by atomic mass is 16.4. The second-order valence-corrected chi connectivity index (χ2v) is 5.33. The van der Waals surface area contributed by atoms with Gasteiger partial charge in [0.25, 0.3) is 6.01 Å². The number of carboxylic acid groups (broad SMARTS) is 1. The summed E-state index contributed by atoms with van der Waals surface area (Å²) in [5, 5.41) is 8.79. The molecule has 2 heterocycles. The first-order valence-corrected chi connectivity index (χ1v) is 5.92. The minimum atomic E-state index is -1.05. The van der Waals surface area contributed by atoms with Crippen molar-refractivity contribution >= 4 is 12.0 Å². The van der Waals surface area contributed by atoms with Gasteiger partial charge in [-0.1, -0.05) is 13.8 Å². The van der Waals surface area contributed by atoms with E-state index in [1.54, 1.807) is 0 Å². The maximum absolute atomic E-state index is 10.7. The Balaban J connectivity index is 2.09. The van der Waals surface area contributed by atoms with E-state index < -0.39 is 5.97 Å². The van der Waals surface area contributed by atoms with Gasteiger partial charge < -0.3 is 14.4 Å². The number of oxazole rings is 1. The maximum atomic E-state index is 10.7. The molecule has 2 rings (SSSR count). The van der Waals surface area contributed by atoms with E-state index >= 15 is 0 Å². The molecule has 0 unspecified atom stereocenters. The van der Waals surface area contributed by atoms with Gasteiger partial charge in [0.1, 0.15) is 6.26 Å². The van der Waals surface area contributed by atoms with Crippen LogP contribution in [0.3, 0.4) is 0 Å². The van der Waals surface area contributed by atoms with Gasteiger partial charge in [-0.2, -0.15) is 4.98 Å². The molecule has 0 radical (unpaired) electrons. The summed E-state index contributed by atoms with van der Waals surface area (Å²) in [7, 11) is 0. The lowest BCUT2D eigenvalue weighted by atomic mass is 9.85. The maximum Gasteiger partial charge on any atom is 0.357 e. The first-order chi connectivity index (χ1) is 7.98. The molecule has 1 aromatic rings. The lowest BCUT2D eigenvalue weighted by molar-refractivity contribution is 0.0690. The minimum absolute atomic E-state index is 0.0245. The van der Waals surface area contributed by atoms with Crippen LogP contribution in [0, 0.1) is 5.41 Å². The van der Waals surface area contributed by atoms with Gasteiger partial charge in [0.2, 0.25) is 0 Å². The number of rotatable bonds is 2. The second kappa shape index (κ2) is 4.39. The molecular weight excluding hydrogens is 220 g/mol.